The molecule has 106 valence electrons. The Morgan fingerprint density at radius 2 is 1.56 bits per heavy atom. The molecule has 0 aromatic rings. The molecule has 2 amide bonds. The number of nitrogens with one attached hydrogen (secondary N) is 3. The number of hydrogen-bond donors (Lipinski definition) is 3. The molecule has 0 aromatic heterocycles. The first-order valence-corrected chi connectivity index (χ1v) is 6.76. The summed E-state index contributed by atoms with van der Waals surface area (Å²) in [6.45, 7) is 9.20. The second-order valence-electron chi connectivity index (χ2n) is 4.88. The highest BCUT2D eigenvalue weighted by molar-refractivity contribution is 5.81. The second kappa shape index (κ2) is 9.88. The van der Waals surface area contributed by atoms with Crippen LogP contribution < -0.4 is 16.0 Å². The first kappa shape index (κ1) is 16.9. The molecule has 0 spiro atoms. The van der Waals surface area contributed by atoms with Gasteiger partial charge in [0, 0.05) is 12.6 Å². The normalized spacial score (nSPS) is 10.8. The van der Waals surface area contributed by atoms with Gasteiger partial charge in [0.1, 0.15) is 0 Å². The van der Waals surface area contributed by atoms with Gasteiger partial charge in [-0.3, -0.25) is 14.9 Å². The van der Waals surface area contributed by atoms with Gasteiger partial charge >= 0.3 is 0 Å². The first-order chi connectivity index (χ1) is 8.49. The Hall–Kier alpha value is -1.10. The third-order valence-corrected chi connectivity index (χ3v) is 2.63. The molecule has 0 unspecified atom stereocenters. The fourth-order valence-electron chi connectivity index (χ4n) is 1.44. The molecule has 0 atom stereocenters. The highest BCUT2D eigenvalue weighted by Gasteiger charge is 2.08. The van der Waals surface area contributed by atoms with Crippen molar-refractivity contribution >= 4 is 11.8 Å². The van der Waals surface area contributed by atoms with E-state index in [9.17, 15) is 9.59 Å². The molecule has 0 aliphatic rings. The Labute approximate surface area is 110 Å². The Morgan fingerprint density at radius 1 is 1.00 bits per heavy atom. The lowest BCUT2D eigenvalue weighted by molar-refractivity contribution is -0.121. The van der Waals surface area contributed by atoms with Crippen LogP contribution >= 0.6 is 0 Å². The maximum absolute atomic E-state index is 11.5. The van der Waals surface area contributed by atoms with Gasteiger partial charge in [0.25, 0.3) is 0 Å². The molecule has 0 radical (unpaired) electrons. The van der Waals surface area contributed by atoms with Crippen LogP contribution in [0.4, 0.5) is 0 Å². The van der Waals surface area contributed by atoms with Gasteiger partial charge in [-0.2, -0.15) is 0 Å². The van der Waals surface area contributed by atoms with Crippen molar-refractivity contribution in [3.05, 3.63) is 0 Å². The maximum Gasteiger partial charge on any atom is 0.234 e. The van der Waals surface area contributed by atoms with Crippen molar-refractivity contribution in [1.82, 2.24) is 16.0 Å². The summed E-state index contributed by atoms with van der Waals surface area (Å²) in [6.07, 6.45) is 1.86. The molecular weight excluding hydrogens is 230 g/mol. The van der Waals surface area contributed by atoms with Crippen LogP contribution in [0, 0.1) is 5.92 Å². The molecule has 0 aromatic carbocycles. The minimum Gasteiger partial charge on any atom is -0.355 e. The van der Waals surface area contributed by atoms with Gasteiger partial charge in [-0.05, 0) is 18.8 Å². The summed E-state index contributed by atoms with van der Waals surface area (Å²) in [5, 5.41) is 8.53. The second-order valence-corrected chi connectivity index (χ2v) is 4.88. The molecule has 5 heteroatoms. The Morgan fingerprint density at radius 3 is 2.06 bits per heavy atom. The van der Waals surface area contributed by atoms with Gasteiger partial charge in [0.2, 0.25) is 11.8 Å². The van der Waals surface area contributed by atoms with Gasteiger partial charge in [-0.1, -0.05) is 27.7 Å². The average molecular weight is 257 g/mol. The molecule has 0 saturated heterocycles. The molecule has 0 saturated carbocycles. The smallest absolute Gasteiger partial charge is 0.234 e. The van der Waals surface area contributed by atoms with E-state index in [0.717, 1.165) is 12.8 Å². The van der Waals surface area contributed by atoms with Crippen LogP contribution in [0.25, 0.3) is 0 Å². The van der Waals surface area contributed by atoms with E-state index in [2.05, 4.69) is 16.0 Å². The summed E-state index contributed by atoms with van der Waals surface area (Å²) in [5.41, 5.74) is 0. The van der Waals surface area contributed by atoms with E-state index in [-0.39, 0.29) is 30.9 Å². The van der Waals surface area contributed by atoms with Crippen LogP contribution in [0.3, 0.4) is 0 Å². The number of amides is 2. The van der Waals surface area contributed by atoms with Crippen LogP contribution in [0.15, 0.2) is 0 Å². The quantitative estimate of drug-likeness (QED) is 0.568. The standard InChI is InChI=1S/C13H27N3O2/c1-5-11(6-2)16-13(18)9-14-8-12(17)15-7-10(3)4/h10-11,14H,5-9H2,1-4H3,(H,15,17)(H,16,18). The van der Waals surface area contributed by atoms with Crippen LogP contribution in [-0.2, 0) is 9.59 Å². The van der Waals surface area contributed by atoms with Crippen molar-refractivity contribution in [2.75, 3.05) is 19.6 Å². The molecule has 5 nitrogen and oxygen atoms in total. The number of carbonyl (C=O) groups is 2. The van der Waals surface area contributed by atoms with Crippen molar-refractivity contribution in [2.24, 2.45) is 5.92 Å². The fraction of sp³-hybridized carbons (Fsp3) is 0.846. The molecule has 0 heterocycles. The van der Waals surface area contributed by atoms with Gasteiger partial charge in [-0.15, -0.1) is 0 Å². The van der Waals surface area contributed by atoms with Crippen LogP contribution in [0.2, 0.25) is 0 Å². The highest BCUT2D eigenvalue weighted by atomic mass is 16.2. The van der Waals surface area contributed by atoms with E-state index in [4.69, 9.17) is 0 Å². The van der Waals surface area contributed by atoms with E-state index in [1.807, 2.05) is 27.7 Å². The van der Waals surface area contributed by atoms with E-state index >= 15 is 0 Å². The molecule has 18 heavy (non-hydrogen) atoms. The minimum absolute atomic E-state index is 0.0552. The SMILES string of the molecule is CCC(CC)NC(=O)CNCC(=O)NCC(C)C. The first-order valence-electron chi connectivity index (χ1n) is 6.76. The fourth-order valence-corrected chi connectivity index (χ4v) is 1.44. The zero-order valence-corrected chi connectivity index (χ0v) is 12.0. The lowest BCUT2D eigenvalue weighted by Gasteiger charge is -2.15. The van der Waals surface area contributed by atoms with Crippen molar-refractivity contribution in [3.63, 3.8) is 0 Å². The summed E-state index contributed by atoms with van der Waals surface area (Å²) < 4.78 is 0. The van der Waals surface area contributed by atoms with E-state index in [1.165, 1.54) is 0 Å². The van der Waals surface area contributed by atoms with Gasteiger partial charge in [0.05, 0.1) is 13.1 Å². The largest absolute Gasteiger partial charge is 0.355 e. The Bertz CT molecular complexity index is 251. The minimum atomic E-state index is -0.0703. The monoisotopic (exact) mass is 257 g/mol. The zero-order valence-electron chi connectivity index (χ0n) is 12.0. The average Bonchev–Trinajstić information content (AvgIpc) is 2.33. The van der Waals surface area contributed by atoms with Crippen LogP contribution in [0.5, 0.6) is 0 Å². The lowest BCUT2D eigenvalue weighted by Crippen LogP contribution is -2.43. The van der Waals surface area contributed by atoms with Crippen molar-refractivity contribution in [1.29, 1.82) is 0 Å². The van der Waals surface area contributed by atoms with E-state index in [1.54, 1.807) is 0 Å². The third kappa shape index (κ3) is 8.98. The van der Waals surface area contributed by atoms with Crippen molar-refractivity contribution in [3.8, 4) is 0 Å². The lowest BCUT2D eigenvalue weighted by atomic mass is 10.2. The number of rotatable bonds is 9. The molecule has 0 aliphatic carbocycles. The van der Waals surface area contributed by atoms with Gasteiger partial charge < -0.3 is 10.6 Å². The Kier molecular flexibility index (Phi) is 9.28. The summed E-state index contributed by atoms with van der Waals surface area (Å²) in [6, 6.07) is 0.231. The van der Waals surface area contributed by atoms with Crippen LogP contribution in [-0.4, -0.2) is 37.5 Å². The molecular formula is C13H27N3O2. The molecule has 0 aliphatic heterocycles. The molecule has 3 N–H and O–H groups in total. The predicted molar refractivity (Wildman–Crippen MR) is 73.2 cm³/mol. The summed E-state index contributed by atoms with van der Waals surface area (Å²) in [5.74, 6) is 0.312. The molecule has 0 bridgehead atoms. The van der Waals surface area contributed by atoms with Gasteiger partial charge in [-0.25, -0.2) is 0 Å². The topological polar surface area (TPSA) is 70.2 Å². The Balaban J connectivity index is 3.64. The van der Waals surface area contributed by atoms with Crippen molar-refractivity contribution in [2.45, 2.75) is 46.6 Å². The zero-order chi connectivity index (χ0) is 14.0. The van der Waals surface area contributed by atoms with Gasteiger partial charge in [0.15, 0.2) is 0 Å². The number of carbonyl (C=O) groups excluding carboxylic acids is 2. The van der Waals surface area contributed by atoms with E-state index < -0.39 is 0 Å². The highest BCUT2D eigenvalue weighted by Crippen LogP contribution is 1.94. The maximum atomic E-state index is 11.5. The predicted octanol–water partition coefficient (Wildman–Crippen LogP) is 0.653. The summed E-state index contributed by atoms with van der Waals surface area (Å²) in [4.78, 5) is 22.9. The van der Waals surface area contributed by atoms with Crippen molar-refractivity contribution < 1.29 is 9.59 Å². The summed E-state index contributed by atoms with van der Waals surface area (Å²) >= 11 is 0. The molecule has 0 fully saturated rings. The van der Waals surface area contributed by atoms with Crippen LogP contribution in [0.1, 0.15) is 40.5 Å². The number of hydrogen-bond acceptors (Lipinski definition) is 3. The summed E-state index contributed by atoms with van der Waals surface area (Å²) in [7, 11) is 0. The van der Waals surface area contributed by atoms with E-state index in [0.29, 0.717) is 12.5 Å². The molecule has 0 rings (SSSR count). The third-order valence-electron chi connectivity index (χ3n) is 2.63.